The number of carbonyl (C=O) groups is 4. The lowest BCUT2D eigenvalue weighted by molar-refractivity contribution is -0.142. The Morgan fingerprint density at radius 2 is 1.69 bits per heavy atom. The Kier molecular flexibility index (Phi) is 7.50. The Labute approximate surface area is 173 Å². The van der Waals surface area contributed by atoms with Crippen molar-refractivity contribution in [3.63, 3.8) is 0 Å². The summed E-state index contributed by atoms with van der Waals surface area (Å²) < 4.78 is 10.0. The van der Waals surface area contributed by atoms with Gasteiger partial charge in [-0.05, 0) is 46.2 Å². The Morgan fingerprint density at radius 1 is 1.00 bits per heavy atom. The number of ether oxygens (including phenoxy) is 2. The first kappa shape index (κ1) is 22.5. The zero-order valence-electron chi connectivity index (χ0n) is 17.3. The zero-order valence-corrected chi connectivity index (χ0v) is 18.1. The van der Waals surface area contributed by atoms with Crippen LogP contribution in [0, 0.1) is 27.7 Å². The third-order valence-electron chi connectivity index (χ3n) is 4.46. The lowest BCUT2D eigenvalue weighted by atomic mass is 10.1. The van der Waals surface area contributed by atoms with Gasteiger partial charge < -0.3 is 14.5 Å². The highest BCUT2D eigenvalue weighted by Crippen LogP contribution is 2.22. The first-order valence-corrected chi connectivity index (χ1v) is 10.1. The molecule has 0 aromatic carbocycles. The number of rotatable bonds is 9. The summed E-state index contributed by atoms with van der Waals surface area (Å²) in [5, 5.41) is 0. The van der Waals surface area contributed by atoms with E-state index < -0.39 is 24.3 Å². The topological polar surface area (TPSA) is 103 Å². The van der Waals surface area contributed by atoms with Crippen LogP contribution in [0.25, 0.3) is 0 Å². The molecule has 0 atom stereocenters. The van der Waals surface area contributed by atoms with Gasteiger partial charge in [-0.3, -0.25) is 14.4 Å². The lowest BCUT2D eigenvalue weighted by Gasteiger charge is -2.05. The van der Waals surface area contributed by atoms with Crippen molar-refractivity contribution in [1.82, 2.24) is 4.98 Å². The molecule has 7 nitrogen and oxygen atoms in total. The van der Waals surface area contributed by atoms with E-state index in [1.165, 1.54) is 11.3 Å². The summed E-state index contributed by atoms with van der Waals surface area (Å²) in [6.07, 6.45) is -0.0745. The molecule has 0 unspecified atom stereocenters. The van der Waals surface area contributed by atoms with Crippen LogP contribution in [-0.2, 0) is 14.3 Å². The number of nitrogens with one attached hydrogen (secondary N) is 1. The first-order valence-electron chi connectivity index (χ1n) is 9.31. The van der Waals surface area contributed by atoms with Crippen LogP contribution in [0.3, 0.4) is 0 Å². The van der Waals surface area contributed by atoms with Crippen LogP contribution >= 0.6 is 11.3 Å². The molecule has 2 aromatic heterocycles. The average Bonchev–Trinajstić information content (AvgIpc) is 3.15. The maximum Gasteiger partial charge on any atom is 0.340 e. The fourth-order valence-corrected chi connectivity index (χ4v) is 4.03. The third kappa shape index (κ3) is 5.41. The number of hydrogen-bond donors (Lipinski definition) is 1. The normalized spacial score (nSPS) is 10.7. The second-order valence-corrected chi connectivity index (χ2v) is 8.14. The molecule has 0 spiro atoms. The average molecular weight is 419 g/mol. The van der Waals surface area contributed by atoms with Gasteiger partial charge in [0.05, 0.1) is 24.3 Å². The van der Waals surface area contributed by atoms with Crippen molar-refractivity contribution < 1.29 is 28.7 Å². The van der Waals surface area contributed by atoms with E-state index in [0.717, 1.165) is 9.75 Å². The summed E-state index contributed by atoms with van der Waals surface area (Å²) in [6, 6.07) is 1.81. The van der Waals surface area contributed by atoms with E-state index in [1.54, 1.807) is 20.8 Å². The Hall–Kier alpha value is -2.74. The number of ketones is 2. The van der Waals surface area contributed by atoms with Gasteiger partial charge in [-0.15, -0.1) is 11.3 Å². The van der Waals surface area contributed by atoms with Crippen LogP contribution in [0.1, 0.15) is 72.0 Å². The fraction of sp³-hybridized carbons (Fsp3) is 0.429. The number of aryl methyl sites for hydroxylation is 3. The van der Waals surface area contributed by atoms with Crippen LogP contribution in [0.4, 0.5) is 0 Å². The number of thiophene rings is 1. The lowest BCUT2D eigenvalue weighted by Crippen LogP contribution is -2.16. The molecule has 0 fully saturated rings. The van der Waals surface area contributed by atoms with Crippen molar-refractivity contribution in [3.05, 3.63) is 43.9 Å². The van der Waals surface area contributed by atoms with Gasteiger partial charge in [0.1, 0.15) is 0 Å². The smallest absolute Gasteiger partial charge is 0.340 e. The van der Waals surface area contributed by atoms with Crippen LogP contribution in [-0.4, -0.2) is 41.7 Å². The van der Waals surface area contributed by atoms with Crippen LogP contribution in [0.2, 0.25) is 0 Å². The molecular formula is C21H25NO6S. The first-order chi connectivity index (χ1) is 13.6. The van der Waals surface area contributed by atoms with Crippen molar-refractivity contribution in [2.45, 2.75) is 47.5 Å². The van der Waals surface area contributed by atoms with Gasteiger partial charge in [-0.1, -0.05) is 0 Å². The van der Waals surface area contributed by atoms with E-state index >= 15 is 0 Å². The second kappa shape index (κ2) is 9.65. The molecule has 0 saturated carbocycles. The van der Waals surface area contributed by atoms with Gasteiger partial charge in [-0.2, -0.15) is 0 Å². The largest absolute Gasteiger partial charge is 0.462 e. The number of aromatic amines is 1. The number of esters is 2. The zero-order chi connectivity index (χ0) is 21.7. The fourth-order valence-electron chi connectivity index (χ4n) is 3.09. The Morgan fingerprint density at radius 3 is 2.28 bits per heavy atom. The summed E-state index contributed by atoms with van der Waals surface area (Å²) in [5.74, 6) is -1.70. The van der Waals surface area contributed by atoms with E-state index in [1.807, 2.05) is 19.9 Å². The molecule has 0 aliphatic carbocycles. The molecular weight excluding hydrogens is 394 g/mol. The van der Waals surface area contributed by atoms with E-state index in [-0.39, 0.29) is 30.9 Å². The summed E-state index contributed by atoms with van der Waals surface area (Å²) in [4.78, 5) is 53.4. The predicted molar refractivity (Wildman–Crippen MR) is 109 cm³/mol. The Bertz CT molecular complexity index is 953. The molecule has 0 radical (unpaired) electrons. The van der Waals surface area contributed by atoms with Gasteiger partial charge in [0, 0.05) is 27.4 Å². The molecule has 0 aliphatic heterocycles. The molecule has 2 heterocycles. The molecule has 0 aliphatic rings. The molecule has 0 amide bonds. The number of hydrogen-bond acceptors (Lipinski definition) is 7. The van der Waals surface area contributed by atoms with Crippen molar-refractivity contribution in [2.75, 3.05) is 13.2 Å². The van der Waals surface area contributed by atoms with E-state index in [0.29, 0.717) is 22.4 Å². The van der Waals surface area contributed by atoms with Crippen molar-refractivity contribution in [3.8, 4) is 0 Å². The minimum Gasteiger partial charge on any atom is -0.462 e. The molecule has 8 heteroatoms. The van der Waals surface area contributed by atoms with Gasteiger partial charge >= 0.3 is 11.9 Å². The van der Waals surface area contributed by atoms with Gasteiger partial charge in [0.2, 0.25) is 5.78 Å². The second-order valence-electron chi connectivity index (χ2n) is 6.68. The third-order valence-corrected chi connectivity index (χ3v) is 5.42. The van der Waals surface area contributed by atoms with Crippen LogP contribution < -0.4 is 0 Å². The highest BCUT2D eigenvalue weighted by Gasteiger charge is 2.23. The maximum absolute atomic E-state index is 12.4. The maximum atomic E-state index is 12.4. The minimum absolute atomic E-state index is 0.0255. The van der Waals surface area contributed by atoms with E-state index in [9.17, 15) is 19.2 Å². The van der Waals surface area contributed by atoms with Gasteiger partial charge in [0.25, 0.3) is 0 Å². The molecule has 156 valence electrons. The summed E-state index contributed by atoms with van der Waals surface area (Å²) in [7, 11) is 0. The number of H-pyrrole nitrogens is 1. The summed E-state index contributed by atoms with van der Waals surface area (Å²) >= 11 is 1.53. The van der Waals surface area contributed by atoms with Crippen LogP contribution in [0.5, 0.6) is 0 Å². The Balaban J connectivity index is 1.91. The number of Topliss-reactive ketones (excluding diaryl/α,β-unsaturated/α-hetero) is 2. The van der Waals surface area contributed by atoms with E-state index in [2.05, 4.69) is 4.98 Å². The SMILES string of the molecule is CCOC(=O)c1c(C)[nH]c(C(=O)COC(=O)CCC(=O)c2cc(C)sc2C)c1C. The van der Waals surface area contributed by atoms with Crippen molar-refractivity contribution in [2.24, 2.45) is 0 Å². The van der Waals surface area contributed by atoms with Crippen LogP contribution in [0.15, 0.2) is 6.07 Å². The summed E-state index contributed by atoms with van der Waals surface area (Å²) in [6.45, 7) is 8.56. The highest BCUT2D eigenvalue weighted by molar-refractivity contribution is 7.12. The van der Waals surface area contributed by atoms with Crippen molar-refractivity contribution >= 4 is 34.8 Å². The van der Waals surface area contributed by atoms with E-state index in [4.69, 9.17) is 9.47 Å². The standard InChI is InChI=1S/C21H25NO6S/c1-6-27-21(26)19-12(3)20(22-13(19)4)17(24)10-28-18(25)8-7-16(23)15-9-11(2)29-14(15)5/h9,22H,6-8,10H2,1-5H3. The highest BCUT2D eigenvalue weighted by atomic mass is 32.1. The van der Waals surface area contributed by atoms with Gasteiger partial charge in [-0.25, -0.2) is 4.79 Å². The minimum atomic E-state index is -0.622. The molecule has 1 N–H and O–H groups in total. The number of carbonyl (C=O) groups excluding carboxylic acids is 4. The molecule has 0 bridgehead atoms. The predicted octanol–water partition coefficient (Wildman–Crippen LogP) is 3.88. The monoisotopic (exact) mass is 419 g/mol. The molecule has 0 saturated heterocycles. The van der Waals surface area contributed by atoms with Gasteiger partial charge in [0.15, 0.2) is 12.4 Å². The van der Waals surface area contributed by atoms with Crippen molar-refractivity contribution in [1.29, 1.82) is 0 Å². The summed E-state index contributed by atoms with van der Waals surface area (Å²) in [5.41, 5.74) is 2.12. The molecule has 29 heavy (non-hydrogen) atoms. The molecule has 2 aromatic rings. The molecule has 2 rings (SSSR count). The quantitative estimate of drug-likeness (QED) is 0.489. The number of aromatic nitrogens is 1.